The standard InChI is InChI=1S/C20H22N4O/c1-13-6-7-16(14(2)11-13)20(25)24-10-8-15(12-24)18-22-17-5-4-9-21-19(17)23(18)3/h4-7,9,11,15H,8,10,12H2,1-3H3/t15-/m0/s1. The van der Waals surface area contributed by atoms with Gasteiger partial charge in [-0.15, -0.1) is 0 Å². The number of carbonyl (C=O) groups is 1. The quantitative estimate of drug-likeness (QED) is 0.723. The molecule has 1 saturated heterocycles. The highest BCUT2D eigenvalue weighted by atomic mass is 16.2. The molecule has 128 valence electrons. The van der Waals surface area contributed by atoms with Crippen LogP contribution in [0.3, 0.4) is 0 Å². The number of fused-ring (bicyclic) bond motifs is 1. The van der Waals surface area contributed by atoms with E-state index in [1.807, 2.05) is 50.1 Å². The molecule has 1 fully saturated rings. The number of amides is 1. The van der Waals surface area contributed by atoms with E-state index in [4.69, 9.17) is 4.98 Å². The number of hydrogen-bond acceptors (Lipinski definition) is 3. The number of carbonyl (C=O) groups excluding carboxylic acids is 1. The zero-order valence-electron chi connectivity index (χ0n) is 14.9. The van der Waals surface area contributed by atoms with Gasteiger partial charge < -0.3 is 9.47 Å². The topological polar surface area (TPSA) is 51.0 Å². The van der Waals surface area contributed by atoms with E-state index in [0.29, 0.717) is 6.54 Å². The van der Waals surface area contributed by atoms with Crippen molar-refractivity contribution in [1.82, 2.24) is 19.4 Å². The maximum absolute atomic E-state index is 12.9. The molecule has 1 amide bonds. The second-order valence-electron chi connectivity index (χ2n) is 6.93. The molecule has 1 aliphatic rings. The number of nitrogens with zero attached hydrogens (tertiary/aromatic N) is 4. The molecule has 25 heavy (non-hydrogen) atoms. The number of likely N-dealkylation sites (tertiary alicyclic amines) is 1. The van der Waals surface area contributed by atoms with Crippen molar-refractivity contribution in [1.29, 1.82) is 0 Å². The largest absolute Gasteiger partial charge is 0.338 e. The number of imidazole rings is 1. The van der Waals surface area contributed by atoms with Crippen LogP contribution in [0.25, 0.3) is 11.2 Å². The monoisotopic (exact) mass is 334 g/mol. The van der Waals surface area contributed by atoms with Gasteiger partial charge in [-0.1, -0.05) is 17.7 Å². The van der Waals surface area contributed by atoms with E-state index < -0.39 is 0 Å². The molecule has 1 atom stereocenters. The number of benzene rings is 1. The van der Waals surface area contributed by atoms with Gasteiger partial charge in [-0.2, -0.15) is 0 Å². The number of aromatic nitrogens is 3. The van der Waals surface area contributed by atoms with E-state index in [1.54, 1.807) is 6.20 Å². The van der Waals surface area contributed by atoms with Crippen LogP contribution in [0.1, 0.15) is 39.6 Å². The highest BCUT2D eigenvalue weighted by Crippen LogP contribution is 2.29. The molecular formula is C20H22N4O. The second kappa shape index (κ2) is 5.99. The minimum absolute atomic E-state index is 0.122. The Morgan fingerprint density at radius 1 is 1.24 bits per heavy atom. The van der Waals surface area contributed by atoms with Crippen molar-refractivity contribution in [2.24, 2.45) is 7.05 Å². The summed E-state index contributed by atoms with van der Waals surface area (Å²) in [5, 5.41) is 0. The van der Waals surface area contributed by atoms with Crippen molar-refractivity contribution in [2.75, 3.05) is 13.1 Å². The minimum Gasteiger partial charge on any atom is -0.338 e. The first-order valence-corrected chi connectivity index (χ1v) is 8.68. The molecule has 2 aromatic heterocycles. The molecule has 0 N–H and O–H groups in total. The van der Waals surface area contributed by atoms with Crippen molar-refractivity contribution in [3.05, 3.63) is 59.0 Å². The molecule has 1 aliphatic heterocycles. The van der Waals surface area contributed by atoms with E-state index in [-0.39, 0.29) is 11.8 Å². The van der Waals surface area contributed by atoms with Crippen LogP contribution in [0.5, 0.6) is 0 Å². The van der Waals surface area contributed by atoms with Gasteiger partial charge in [0.1, 0.15) is 11.3 Å². The molecule has 3 aromatic rings. The first-order valence-electron chi connectivity index (χ1n) is 8.68. The third-order valence-electron chi connectivity index (χ3n) is 5.12. The average molecular weight is 334 g/mol. The Balaban J connectivity index is 1.58. The van der Waals surface area contributed by atoms with Crippen LogP contribution in [0.2, 0.25) is 0 Å². The van der Waals surface area contributed by atoms with Crippen LogP contribution in [-0.2, 0) is 7.05 Å². The summed E-state index contributed by atoms with van der Waals surface area (Å²) in [6, 6.07) is 9.91. The first-order chi connectivity index (χ1) is 12.0. The molecule has 1 aromatic carbocycles. The van der Waals surface area contributed by atoms with E-state index in [1.165, 1.54) is 5.56 Å². The van der Waals surface area contributed by atoms with Crippen molar-refractivity contribution in [3.63, 3.8) is 0 Å². The molecule has 0 aliphatic carbocycles. The first kappa shape index (κ1) is 15.8. The second-order valence-corrected chi connectivity index (χ2v) is 6.93. The van der Waals surface area contributed by atoms with Crippen LogP contribution in [0, 0.1) is 13.8 Å². The molecule has 0 radical (unpaired) electrons. The number of hydrogen-bond donors (Lipinski definition) is 0. The van der Waals surface area contributed by atoms with E-state index in [9.17, 15) is 4.79 Å². The Morgan fingerprint density at radius 2 is 2.08 bits per heavy atom. The lowest BCUT2D eigenvalue weighted by molar-refractivity contribution is 0.0789. The Labute approximate surface area is 147 Å². The summed E-state index contributed by atoms with van der Waals surface area (Å²) in [6.07, 6.45) is 2.73. The van der Waals surface area contributed by atoms with Gasteiger partial charge in [-0.3, -0.25) is 4.79 Å². The van der Waals surface area contributed by atoms with Gasteiger partial charge in [-0.05, 0) is 44.0 Å². The van der Waals surface area contributed by atoms with Gasteiger partial charge in [0.05, 0.1) is 0 Å². The number of rotatable bonds is 2. The molecule has 5 heteroatoms. The Kier molecular flexibility index (Phi) is 3.79. The highest BCUT2D eigenvalue weighted by Gasteiger charge is 2.31. The van der Waals surface area contributed by atoms with Gasteiger partial charge in [0.25, 0.3) is 5.91 Å². The van der Waals surface area contributed by atoms with Crippen LogP contribution < -0.4 is 0 Å². The maximum Gasteiger partial charge on any atom is 0.254 e. The Bertz CT molecular complexity index is 959. The van der Waals surface area contributed by atoms with Gasteiger partial charge in [0.15, 0.2) is 5.65 Å². The molecule has 0 saturated carbocycles. The van der Waals surface area contributed by atoms with Crippen molar-refractivity contribution in [2.45, 2.75) is 26.2 Å². The van der Waals surface area contributed by atoms with E-state index >= 15 is 0 Å². The lowest BCUT2D eigenvalue weighted by Crippen LogP contribution is -2.29. The van der Waals surface area contributed by atoms with Crippen LogP contribution in [-0.4, -0.2) is 38.4 Å². The summed E-state index contributed by atoms with van der Waals surface area (Å²) in [4.78, 5) is 24.0. The highest BCUT2D eigenvalue weighted by molar-refractivity contribution is 5.96. The Morgan fingerprint density at radius 3 is 2.84 bits per heavy atom. The predicted molar refractivity (Wildman–Crippen MR) is 97.7 cm³/mol. The fourth-order valence-electron chi connectivity index (χ4n) is 3.79. The number of aryl methyl sites for hydroxylation is 3. The van der Waals surface area contributed by atoms with Gasteiger partial charge in [0.2, 0.25) is 0 Å². The summed E-state index contributed by atoms with van der Waals surface area (Å²) in [5.74, 6) is 1.40. The smallest absolute Gasteiger partial charge is 0.254 e. The lowest BCUT2D eigenvalue weighted by Gasteiger charge is -2.18. The molecule has 5 nitrogen and oxygen atoms in total. The molecular weight excluding hydrogens is 312 g/mol. The van der Waals surface area contributed by atoms with Gasteiger partial charge >= 0.3 is 0 Å². The molecule has 4 rings (SSSR count). The van der Waals surface area contributed by atoms with Crippen LogP contribution in [0.4, 0.5) is 0 Å². The molecule has 3 heterocycles. The zero-order chi connectivity index (χ0) is 17.6. The van der Waals surface area contributed by atoms with Crippen LogP contribution in [0.15, 0.2) is 36.5 Å². The van der Waals surface area contributed by atoms with Gasteiger partial charge in [0, 0.05) is 37.8 Å². The van der Waals surface area contributed by atoms with Crippen LogP contribution >= 0.6 is 0 Å². The zero-order valence-corrected chi connectivity index (χ0v) is 14.9. The SMILES string of the molecule is Cc1ccc(C(=O)N2CC[C@H](c3nc4cccnc4n3C)C2)c(C)c1. The van der Waals surface area contributed by atoms with E-state index in [0.717, 1.165) is 41.1 Å². The summed E-state index contributed by atoms with van der Waals surface area (Å²) in [6.45, 7) is 5.54. The maximum atomic E-state index is 12.9. The summed E-state index contributed by atoms with van der Waals surface area (Å²) >= 11 is 0. The summed E-state index contributed by atoms with van der Waals surface area (Å²) in [5.41, 5.74) is 4.84. The van der Waals surface area contributed by atoms with Crippen molar-refractivity contribution in [3.8, 4) is 0 Å². The van der Waals surface area contributed by atoms with E-state index in [2.05, 4.69) is 15.6 Å². The Hall–Kier alpha value is -2.69. The fourth-order valence-corrected chi connectivity index (χ4v) is 3.79. The molecule has 0 unspecified atom stereocenters. The fraction of sp³-hybridized carbons (Fsp3) is 0.350. The third kappa shape index (κ3) is 2.69. The predicted octanol–water partition coefficient (Wildman–Crippen LogP) is 3.21. The molecule has 0 bridgehead atoms. The summed E-state index contributed by atoms with van der Waals surface area (Å²) < 4.78 is 2.06. The normalized spacial score (nSPS) is 17.4. The third-order valence-corrected chi connectivity index (χ3v) is 5.12. The van der Waals surface area contributed by atoms with Crippen molar-refractivity contribution < 1.29 is 4.79 Å². The van der Waals surface area contributed by atoms with Crippen molar-refractivity contribution >= 4 is 17.1 Å². The van der Waals surface area contributed by atoms with Gasteiger partial charge in [-0.25, -0.2) is 9.97 Å². The number of pyridine rings is 1. The molecule has 0 spiro atoms. The lowest BCUT2D eigenvalue weighted by atomic mass is 10.0. The minimum atomic E-state index is 0.122. The average Bonchev–Trinajstić information content (AvgIpc) is 3.20. The summed E-state index contributed by atoms with van der Waals surface area (Å²) in [7, 11) is 2.01.